The number of aliphatic carboxylic acids is 2. The molecule has 0 aromatic heterocycles. The van der Waals surface area contributed by atoms with Crippen molar-refractivity contribution in [3.8, 4) is 5.75 Å². The van der Waals surface area contributed by atoms with E-state index in [0.717, 1.165) is 0 Å². The molecule has 0 saturated heterocycles. The minimum Gasteiger partial charge on any atom is -0.550 e. The van der Waals surface area contributed by atoms with Crippen LogP contribution in [-0.2, 0) is 9.59 Å². The summed E-state index contributed by atoms with van der Waals surface area (Å²) in [5.74, 6) is -3.25. The van der Waals surface area contributed by atoms with E-state index in [9.17, 15) is 19.8 Å². The fourth-order valence-electron chi connectivity index (χ4n) is 1.52. The van der Waals surface area contributed by atoms with E-state index >= 15 is 0 Å². The number of anilines is 1. The lowest BCUT2D eigenvalue weighted by molar-refractivity contribution is -0.320. The third-order valence-corrected chi connectivity index (χ3v) is 2.46. The highest BCUT2D eigenvalue weighted by Crippen LogP contribution is 2.16. The van der Waals surface area contributed by atoms with Crippen molar-refractivity contribution in [3.63, 3.8) is 0 Å². The van der Waals surface area contributed by atoms with Crippen molar-refractivity contribution in [3.05, 3.63) is 24.3 Å². The van der Waals surface area contributed by atoms with E-state index in [1.165, 1.54) is 0 Å². The van der Waals surface area contributed by atoms with Gasteiger partial charge < -0.3 is 29.9 Å². The van der Waals surface area contributed by atoms with Crippen molar-refractivity contribution in [1.29, 1.82) is 0 Å². The Morgan fingerprint density at radius 1 is 1.26 bits per heavy atom. The monoisotopic (exact) mass is 265 g/mol. The molecule has 1 rings (SSSR count). The van der Waals surface area contributed by atoms with Crippen molar-refractivity contribution in [2.45, 2.75) is 13.3 Å². The van der Waals surface area contributed by atoms with Gasteiger partial charge in [0.1, 0.15) is 5.75 Å². The second kappa shape index (κ2) is 7.25. The number of benzene rings is 1. The van der Waals surface area contributed by atoms with Gasteiger partial charge in [-0.15, -0.1) is 0 Å². The van der Waals surface area contributed by atoms with Gasteiger partial charge in [-0.1, -0.05) is 0 Å². The summed E-state index contributed by atoms with van der Waals surface area (Å²) in [4.78, 5) is 21.1. The van der Waals surface area contributed by atoms with E-state index in [4.69, 9.17) is 4.74 Å². The van der Waals surface area contributed by atoms with Gasteiger partial charge in [0.2, 0.25) is 0 Å². The van der Waals surface area contributed by atoms with Gasteiger partial charge in [0.25, 0.3) is 0 Å². The molecule has 0 aliphatic carbocycles. The van der Waals surface area contributed by atoms with Crippen LogP contribution >= 0.6 is 0 Å². The van der Waals surface area contributed by atoms with Crippen LogP contribution in [0.3, 0.4) is 0 Å². The molecule has 1 N–H and O–H groups in total. The zero-order valence-corrected chi connectivity index (χ0v) is 10.5. The fraction of sp³-hybridized carbons (Fsp3) is 0.385. The van der Waals surface area contributed by atoms with Crippen LogP contribution in [0.15, 0.2) is 24.3 Å². The molecule has 0 aliphatic rings. The van der Waals surface area contributed by atoms with Crippen LogP contribution in [0.2, 0.25) is 0 Å². The SMILES string of the molecule is CCOc1ccc(NC[C@H](CC(=O)[O-])C(=O)[O-])cc1. The average molecular weight is 265 g/mol. The second-order valence-corrected chi connectivity index (χ2v) is 3.93. The molecule has 1 aromatic rings. The predicted octanol–water partition coefficient (Wildman–Crippen LogP) is -0.997. The summed E-state index contributed by atoms with van der Waals surface area (Å²) < 4.78 is 5.26. The smallest absolute Gasteiger partial charge is 0.119 e. The van der Waals surface area contributed by atoms with Crippen molar-refractivity contribution in [1.82, 2.24) is 0 Å². The lowest BCUT2D eigenvalue weighted by Gasteiger charge is -2.19. The number of carboxylic acids is 2. The molecule has 0 aliphatic heterocycles. The summed E-state index contributed by atoms with van der Waals surface area (Å²) in [7, 11) is 0. The summed E-state index contributed by atoms with van der Waals surface area (Å²) in [5, 5.41) is 24.0. The van der Waals surface area contributed by atoms with Crippen molar-refractivity contribution in [2.24, 2.45) is 5.92 Å². The normalized spacial score (nSPS) is 11.6. The van der Waals surface area contributed by atoms with Gasteiger partial charge in [-0.3, -0.25) is 0 Å². The third-order valence-electron chi connectivity index (χ3n) is 2.46. The van der Waals surface area contributed by atoms with E-state index in [1.54, 1.807) is 24.3 Å². The van der Waals surface area contributed by atoms with Gasteiger partial charge in [-0.05, 0) is 37.6 Å². The first-order valence-electron chi connectivity index (χ1n) is 5.90. The zero-order chi connectivity index (χ0) is 14.3. The molecule has 6 heteroatoms. The van der Waals surface area contributed by atoms with Crippen LogP contribution < -0.4 is 20.3 Å². The van der Waals surface area contributed by atoms with Gasteiger partial charge in [0.15, 0.2) is 0 Å². The van der Waals surface area contributed by atoms with Crippen LogP contribution in [0.25, 0.3) is 0 Å². The predicted molar refractivity (Wildman–Crippen MR) is 64.2 cm³/mol. The Kier molecular flexibility index (Phi) is 5.66. The Morgan fingerprint density at radius 2 is 1.89 bits per heavy atom. The quantitative estimate of drug-likeness (QED) is 0.647. The first kappa shape index (κ1) is 14.8. The zero-order valence-electron chi connectivity index (χ0n) is 10.5. The molecule has 0 spiro atoms. The first-order valence-corrected chi connectivity index (χ1v) is 5.90. The standard InChI is InChI=1S/C13H17NO5/c1-2-19-11-5-3-10(4-6-11)14-8-9(13(17)18)7-12(15)16/h3-6,9,14H,2,7-8H2,1H3,(H,15,16)(H,17,18)/p-2/t9-/m0/s1. The van der Waals surface area contributed by atoms with Crippen LogP contribution in [0.5, 0.6) is 5.75 Å². The largest absolute Gasteiger partial charge is 0.550 e. The molecule has 1 aromatic carbocycles. The molecular formula is C13H15NO5-2. The number of carbonyl (C=O) groups excluding carboxylic acids is 2. The molecule has 6 nitrogen and oxygen atoms in total. The van der Waals surface area contributed by atoms with Crippen LogP contribution in [-0.4, -0.2) is 25.1 Å². The number of ether oxygens (including phenoxy) is 1. The van der Waals surface area contributed by atoms with E-state index < -0.39 is 24.3 Å². The number of nitrogens with one attached hydrogen (secondary N) is 1. The minimum atomic E-state index is -1.41. The minimum absolute atomic E-state index is 0.0374. The topological polar surface area (TPSA) is 102 Å². The molecule has 0 fully saturated rings. The number of rotatable bonds is 8. The molecule has 0 unspecified atom stereocenters. The highest BCUT2D eigenvalue weighted by molar-refractivity contribution is 5.76. The Hall–Kier alpha value is -2.24. The van der Waals surface area contributed by atoms with E-state index in [1.807, 2.05) is 6.92 Å². The highest BCUT2D eigenvalue weighted by Gasteiger charge is 2.10. The van der Waals surface area contributed by atoms with Gasteiger partial charge >= 0.3 is 0 Å². The fourth-order valence-corrected chi connectivity index (χ4v) is 1.52. The summed E-state index contributed by atoms with van der Waals surface area (Å²) in [6.45, 7) is 2.39. The molecule has 0 bridgehead atoms. The maximum Gasteiger partial charge on any atom is 0.119 e. The van der Waals surface area contributed by atoms with Crippen molar-refractivity contribution >= 4 is 17.6 Å². The van der Waals surface area contributed by atoms with Crippen molar-refractivity contribution in [2.75, 3.05) is 18.5 Å². The van der Waals surface area contributed by atoms with Gasteiger partial charge in [-0.2, -0.15) is 0 Å². The maximum atomic E-state index is 10.7. The van der Waals surface area contributed by atoms with Crippen molar-refractivity contribution < 1.29 is 24.5 Å². The number of carboxylic acid groups (broad SMARTS) is 2. The summed E-state index contributed by atoms with van der Waals surface area (Å²) in [6.07, 6.45) is -0.577. The highest BCUT2D eigenvalue weighted by atomic mass is 16.5. The number of carbonyl (C=O) groups is 2. The number of hydrogen-bond acceptors (Lipinski definition) is 6. The van der Waals surface area contributed by atoms with Gasteiger partial charge in [0.05, 0.1) is 6.61 Å². The van der Waals surface area contributed by atoms with E-state index in [-0.39, 0.29) is 6.54 Å². The van der Waals surface area contributed by atoms with E-state index in [0.29, 0.717) is 18.0 Å². The molecule has 0 saturated carbocycles. The molecule has 104 valence electrons. The van der Waals surface area contributed by atoms with Gasteiger partial charge in [0, 0.05) is 30.1 Å². The summed E-state index contributed by atoms with van der Waals surface area (Å²) in [6, 6.07) is 6.91. The Morgan fingerprint density at radius 3 is 2.37 bits per heavy atom. The average Bonchev–Trinajstić information content (AvgIpc) is 2.36. The third kappa shape index (κ3) is 5.29. The summed E-state index contributed by atoms with van der Waals surface area (Å²) >= 11 is 0. The first-order chi connectivity index (χ1) is 9.02. The molecule has 0 radical (unpaired) electrons. The van der Waals surface area contributed by atoms with Crippen LogP contribution in [0.1, 0.15) is 13.3 Å². The lowest BCUT2D eigenvalue weighted by Crippen LogP contribution is -2.39. The Bertz CT molecular complexity index is 429. The second-order valence-electron chi connectivity index (χ2n) is 3.93. The maximum absolute atomic E-state index is 10.7. The van der Waals surface area contributed by atoms with E-state index in [2.05, 4.69) is 5.32 Å². The molecule has 0 amide bonds. The molecule has 1 atom stereocenters. The summed E-state index contributed by atoms with van der Waals surface area (Å²) in [5.41, 5.74) is 0.674. The Balaban J connectivity index is 2.54. The van der Waals surface area contributed by atoms with Gasteiger partial charge in [-0.25, -0.2) is 0 Å². The van der Waals surface area contributed by atoms with Crippen LogP contribution in [0, 0.1) is 5.92 Å². The lowest BCUT2D eigenvalue weighted by atomic mass is 10.1. The van der Waals surface area contributed by atoms with Crippen LogP contribution in [0.4, 0.5) is 5.69 Å². The molecular weight excluding hydrogens is 250 g/mol. The number of hydrogen-bond donors (Lipinski definition) is 1. The Labute approximate surface area is 111 Å². The molecule has 19 heavy (non-hydrogen) atoms. The molecule has 0 heterocycles.